The van der Waals surface area contributed by atoms with Gasteiger partial charge < -0.3 is 9.67 Å². The van der Waals surface area contributed by atoms with Crippen LogP contribution in [0.3, 0.4) is 0 Å². The topological polar surface area (TPSA) is 38.0 Å². The molecule has 0 saturated carbocycles. The summed E-state index contributed by atoms with van der Waals surface area (Å²) in [7, 11) is 0. The largest absolute Gasteiger partial charge is 0.396 e. The van der Waals surface area contributed by atoms with Gasteiger partial charge in [-0.1, -0.05) is 6.92 Å². The van der Waals surface area contributed by atoms with Gasteiger partial charge in [-0.05, 0) is 19.3 Å². The Morgan fingerprint density at radius 1 is 1.58 bits per heavy atom. The van der Waals surface area contributed by atoms with Crippen molar-refractivity contribution in [3.63, 3.8) is 0 Å². The Balaban J connectivity index is 2.41. The second-order valence-electron chi connectivity index (χ2n) is 2.93. The van der Waals surface area contributed by atoms with E-state index < -0.39 is 0 Å². The van der Waals surface area contributed by atoms with Crippen LogP contribution in [0.5, 0.6) is 0 Å². The fourth-order valence-corrected chi connectivity index (χ4v) is 1.18. The van der Waals surface area contributed by atoms with Crippen molar-refractivity contribution in [1.29, 1.82) is 0 Å². The quantitative estimate of drug-likeness (QED) is 0.717. The van der Waals surface area contributed by atoms with Crippen LogP contribution in [0.25, 0.3) is 0 Å². The maximum atomic E-state index is 8.60. The number of rotatable bonds is 5. The van der Waals surface area contributed by atoms with Crippen LogP contribution in [-0.4, -0.2) is 21.3 Å². The Labute approximate surface area is 73.1 Å². The van der Waals surface area contributed by atoms with E-state index in [4.69, 9.17) is 5.11 Å². The summed E-state index contributed by atoms with van der Waals surface area (Å²) >= 11 is 0. The third-order valence-corrected chi connectivity index (χ3v) is 1.76. The second kappa shape index (κ2) is 4.93. The summed E-state index contributed by atoms with van der Waals surface area (Å²) in [5.74, 6) is 0. The summed E-state index contributed by atoms with van der Waals surface area (Å²) in [6.45, 7) is 3.43. The number of hydrogen-bond acceptors (Lipinski definition) is 2. The number of aliphatic hydroxyl groups is 1. The Hall–Kier alpha value is -0.830. The maximum Gasteiger partial charge on any atom is 0.0949 e. The molecule has 3 heteroatoms. The van der Waals surface area contributed by atoms with Crippen LogP contribution in [-0.2, 0) is 13.0 Å². The van der Waals surface area contributed by atoms with Gasteiger partial charge in [0.15, 0.2) is 0 Å². The third kappa shape index (κ3) is 2.66. The second-order valence-corrected chi connectivity index (χ2v) is 2.93. The molecule has 1 heterocycles. The van der Waals surface area contributed by atoms with E-state index in [-0.39, 0.29) is 6.61 Å². The standard InChI is InChI=1S/C9H16N2O/c1-2-5-11-7-9(10-8-11)4-3-6-12/h7-8,12H,2-6H2,1H3. The summed E-state index contributed by atoms with van der Waals surface area (Å²) in [5, 5.41) is 8.60. The van der Waals surface area contributed by atoms with Gasteiger partial charge >= 0.3 is 0 Å². The summed E-state index contributed by atoms with van der Waals surface area (Å²) in [6.07, 6.45) is 6.74. The molecule has 0 amide bonds. The first-order chi connectivity index (χ1) is 5.86. The SMILES string of the molecule is CCCn1cnc(CCCO)c1. The van der Waals surface area contributed by atoms with Gasteiger partial charge in [0.25, 0.3) is 0 Å². The average molecular weight is 168 g/mol. The Morgan fingerprint density at radius 3 is 3.08 bits per heavy atom. The molecule has 68 valence electrons. The van der Waals surface area contributed by atoms with Gasteiger partial charge in [0.05, 0.1) is 12.0 Å². The summed E-state index contributed by atoms with van der Waals surface area (Å²) in [4.78, 5) is 4.22. The lowest BCUT2D eigenvalue weighted by Crippen LogP contribution is -1.92. The predicted molar refractivity (Wildman–Crippen MR) is 47.9 cm³/mol. The lowest BCUT2D eigenvalue weighted by atomic mass is 10.3. The molecular formula is C9H16N2O. The maximum absolute atomic E-state index is 8.60. The smallest absolute Gasteiger partial charge is 0.0949 e. The zero-order valence-corrected chi connectivity index (χ0v) is 7.53. The van der Waals surface area contributed by atoms with Crippen LogP contribution < -0.4 is 0 Å². The van der Waals surface area contributed by atoms with Crippen LogP contribution in [0.2, 0.25) is 0 Å². The van der Waals surface area contributed by atoms with E-state index in [1.165, 1.54) is 0 Å². The Kier molecular flexibility index (Phi) is 3.80. The Morgan fingerprint density at radius 2 is 2.42 bits per heavy atom. The first-order valence-corrected chi connectivity index (χ1v) is 4.48. The highest BCUT2D eigenvalue weighted by Crippen LogP contribution is 2.00. The van der Waals surface area contributed by atoms with E-state index >= 15 is 0 Å². The van der Waals surface area contributed by atoms with E-state index in [2.05, 4.69) is 22.7 Å². The zero-order valence-electron chi connectivity index (χ0n) is 7.53. The number of imidazole rings is 1. The lowest BCUT2D eigenvalue weighted by Gasteiger charge is -1.95. The predicted octanol–water partition coefficient (Wildman–Crippen LogP) is 1.22. The van der Waals surface area contributed by atoms with Crippen molar-refractivity contribution in [1.82, 2.24) is 9.55 Å². The molecule has 1 N–H and O–H groups in total. The van der Waals surface area contributed by atoms with Gasteiger partial charge in [0.1, 0.15) is 0 Å². The summed E-state index contributed by atoms with van der Waals surface area (Å²) < 4.78 is 2.09. The van der Waals surface area contributed by atoms with Crippen LogP contribution >= 0.6 is 0 Å². The number of aryl methyl sites for hydroxylation is 2. The van der Waals surface area contributed by atoms with Crippen molar-refractivity contribution >= 4 is 0 Å². The van der Waals surface area contributed by atoms with Gasteiger partial charge in [-0.3, -0.25) is 0 Å². The monoisotopic (exact) mass is 168 g/mol. The van der Waals surface area contributed by atoms with Crippen molar-refractivity contribution in [2.24, 2.45) is 0 Å². The van der Waals surface area contributed by atoms with Crippen molar-refractivity contribution in [2.45, 2.75) is 32.7 Å². The molecule has 1 rings (SSSR count). The molecule has 0 atom stereocenters. The molecule has 0 unspecified atom stereocenters. The lowest BCUT2D eigenvalue weighted by molar-refractivity contribution is 0.288. The minimum absolute atomic E-state index is 0.251. The minimum Gasteiger partial charge on any atom is -0.396 e. The van der Waals surface area contributed by atoms with Crippen LogP contribution in [0, 0.1) is 0 Å². The van der Waals surface area contributed by atoms with Crippen molar-refractivity contribution < 1.29 is 5.11 Å². The average Bonchev–Trinajstić information content (AvgIpc) is 2.50. The molecule has 0 aliphatic rings. The van der Waals surface area contributed by atoms with E-state index in [1.807, 2.05) is 6.33 Å². The van der Waals surface area contributed by atoms with Crippen LogP contribution in [0.4, 0.5) is 0 Å². The minimum atomic E-state index is 0.251. The molecule has 0 fully saturated rings. The molecule has 0 aliphatic heterocycles. The van der Waals surface area contributed by atoms with Crippen molar-refractivity contribution in [3.8, 4) is 0 Å². The normalized spacial score (nSPS) is 10.5. The van der Waals surface area contributed by atoms with Gasteiger partial charge in [-0.2, -0.15) is 0 Å². The van der Waals surface area contributed by atoms with Crippen LogP contribution in [0.15, 0.2) is 12.5 Å². The molecule has 0 radical (unpaired) electrons. The first-order valence-electron chi connectivity index (χ1n) is 4.48. The van der Waals surface area contributed by atoms with Gasteiger partial charge in [0, 0.05) is 19.3 Å². The van der Waals surface area contributed by atoms with Crippen molar-refractivity contribution in [3.05, 3.63) is 18.2 Å². The van der Waals surface area contributed by atoms with E-state index in [0.717, 1.165) is 31.5 Å². The molecule has 12 heavy (non-hydrogen) atoms. The fourth-order valence-electron chi connectivity index (χ4n) is 1.18. The molecule has 0 aliphatic carbocycles. The van der Waals surface area contributed by atoms with E-state index in [0.29, 0.717) is 0 Å². The summed E-state index contributed by atoms with van der Waals surface area (Å²) in [5.41, 5.74) is 1.08. The molecule has 3 nitrogen and oxygen atoms in total. The number of aliphatic hydroxyl groups excluding tert-OH is 1. The van der Waals surface area contributed by atoms with Gasteiger partial charge in [0.2, 0.25) is 0 Å². The first kappa shape index (κ1) is 9.26. The highest BCUT2D eigenvalue weighted by atomic mass is 16.2. The van der Waals surface area contributed by atoms with E-state index in [1.54, 1.807) is 0 Å². The molecular weight excluding hydrogens is 152 g/mol. The molecule has 1 aromatic heterocycles. The highest BCUT2D eigenvalue weighted by molar-refractivity contribution is 4.96. The van der Waals surface area contributed by atoms with Gasteiger partial charge in [-0.15, -0.1) is 0 Å². The molecule has 0 aromatic carbocycles. The molecule has 1 aromatic rings. The van der Waals surface area contributed by atoms with Crippen molar-refractivity contribution in [2.75, 3.05) is 6.61 Å². The fraction of sp³-hybridized carbons (Fsp3) is 0.667. The zero-order chi connectivity index (χ0) is 8.81. The van der Waals surface area contributed by atoms with Gasteiger partial charge in [-0.25, -0.2) is 4.98 Å². The number of hydrogen-bond donors (Lipinski definition) is 1. The highest BCUT2D eigenvalue weighted by Gasteiger charge is 1.96. The van der Waals surface area contributed by atoms with E-state index in [9.17, 15) is 0 Å². The number of nitrogens with zero attached hydrogens (tertiary/aromatic N) is 2. The molecule has 0 saturated heterocycles. The number of aromatic nitrogens is 2. The van der Waals surface area contributed by atoms with Crippen LogP contribution in [0.1, 0.15) is 25.5 Å². The summed E-state index contributed by atoms with van der Waals surface area (Å²) in [6, 6.07) is 0. The molecule has 0 spiro atoms. The third-order valence-electron chi connectivity index (χ3n) is 1.76. The molecule has 0 bridgehead atoms. The Bertz CT molecular complexity index is 220.